The Balaban J connectivity index is 1.40. The van der Waals surface area contributed by atoms with Crippen molar-refractivity contribution in [3.63, 3.8) is 0 Å². The summed E-state index contributed by atoms with van der Waals surface area (Å²) in [5.41, 5.74) is 3.65. The summed E-state index contributed by atoms with van der Waals surface area (Å²) in [7, 11) is 1.60. The minimum atomic E-state index is -0.498. The van der Waals surface area contributed by atoms with Crippen LogP contribution in [0.25, 0.3) is 22.2 Å². The van der Waals surface area contributed by atoms with Crippen LogP contribution in [0.3, 0.4) is 0 Å². The number of anilines is 1. The molecule has 0 atom stereocenters. The largest absolute Gasteiger partial charge is 0.378 e. The number of aryl methyl sites for hydroxylation is 1. The number of nitrogens with one attached hydrogen (secondary N) is 2. The third kappa shape index (κ3) is 4.02. The van der Waals surface area contributed by atoms with E-state index in [1.54, 1.807) is 7.05 Å². The van der Waals surface area contributed by atoms with E-state index in [1.165, 1.54) is 16.3 Å². The van der Waals surface area contributed by atoms with Gasteiger partial charge in [0, 0.05) is 25.8 Å². The maximum Gasteiger partial charge on any atom is 0.329 e. The van der Waals surface area contributed by atoms with Crippen LogP contribution in [-0.2, 0) is 18.3 Å². The molecule has 1 aliphatic rings. The first-order valence-electron chi connectivity index (χ1n) is 11.3. The number of benzene rings is 2. The molecule has 0 aliphatic carbocycles. The number of nitrogens with zero attached hydrogens (tertiary/aromatic N) is 5. The second kappa shape index (κ2) is 8.75. The van der Waals surface area contributed by atoms with Gasteiger partial charge in [0.15, 0.2) is 21.5 Å². The fourth-order valence-electron chi connectivity index (χ4n) is 4.32. The van der Waals surface area contributed by atoms with Crippen molar-refractivity contribution in [3.8, 4) is 0 Å². The molecule has 6 rings (SSSR count). The monoisotopic (exact) mass is 489 g/mol. The van der Waals surface area contributed by atoms with Gasteiger partial charge in [-0.05, 0) is 41.6 Å². The van der Waals surface area contributed by atoms with Crippen molar-refractivity contribution in [1.29, 1.82) is 0 Å². The van der Waals surface area contributed by atoms with Crippen LogP contribution in [0.1, 0.15) is 5.56 Å². The number of fused-ring (bicyclic) bond motifs is 2. The van der Waals surface area contributed by atoms with Gasteiger partial charge in [-0.25, -0.2) is 14.8 Å². The van der Waals surface area contributed by atoms with E-state index in [4.69, 9.17) is 4.74 Å². The molecule has 0 bridgehead atoms. The van der Waals surface area contributed by atoms with Gasteiger partial charge in [0.2, 0.25) is 0 Å². The number of H-pyrrole nitrogens is 2. The van der Waals surface area contributed by atoms with Crippen molar-refractivity contribution in [2.45, 2.75) is 16.9 Å². The molecular formula is C24H23N7O3S. The van der Waals surface area contributed by atoms with E-state index in [9.17, 15) is 9.59 Å². The van der Waals surface area contributed by atoms with E-state index in [0.29, 0.717) is 28.0 Å². The first-order valence-corrected chi connectivity index (χ1v) is 12.1. The minimum Gasteiger partial charge on any atom is -0.378 e. The second-order valence-corrected chi connectivity index (χ2v) is 9.35. The van der Waals surface area contributed by atoms with Gasteiger partial charge >= 0.3 is 5.69 Å². The highest BCUT2D eigenvalue weighted by Gasteiger charge is 2.20. The van der Waals surface area contributed by atoms with Crippen molar-refractivity contribution in [3.05, 3.63) is 74.9 Å². The van der Waals surface area contributed by atoms with E-state index in [2.05, 4.69) is 49.1 Å². The number of aromatic amines is 2. The average Bonchev–Trinajstić information content (AvgIpc) is 3.45. The Morgan fingerprint density at radius 2 is 1.77 bits per heavy atom. The zero-order valence-electron chi connectivity index (χ0n) is 19.0. The van der Waals surface area contributed by atoms with Gasteiger partial charge in [0.05, 0.1) is 30.8 Å². The van der Waals surface area contributed by atoms with E-state index in [1.807, 2.05) is 28.8 Å². The molecule has 1 aliphatic heterocycles. The first kappa shape index (κ1) is 21.7. The highest BCUT2D eigenvalue weighted by atomic mass is 32.2. The number of rotatable bonds is 5. The Bertz CT molecular complexity index is 1610. The molecule has 0 unspecified atom stereocenters. The quantitative estimate of drug-likeness (QED) is 0.390. The molecule has 1 fully saturated rings. The molecule has 1 saturated heterocycles. The number of para-hydroxylation sites is 2. The van der Waals surface area contributed by atoms with Crippen molar-refractivity contribution >= 4 is 39.6 Å². The number of morpholine rings is 1. The summed E-state index contributed by atoms with van der Waals surface area (Å²) in [5.74, 6) is 0. The highest BCUT2D eigenvalue weighted by Crippen LogP contribution is 2.29. The third-order valence-corrected chi connectivity index (χ3v) is 7.06. The molecule has 2 N–H and O–H groups in total. The van der Waals surface area contributed by atoms with Gasteiger partial charge in [-0.3, -0.25) is 14.3 Å². The van der Waals surface area contributed by atoms with E-state index in [-0.39, 0.29) is 0 Å². The lowest BCUT2D eigenvalue weighted by Crippen LogP contribution is -2.36. The van der Waals surface area contributed by atoms with Crippen LogP contribution in [0.15, 0.2) is 68.4 Å². The predicted molar refractivity (Wildman–Crippen MR) is 134 cm³/mol. The van der Waals surface area contributed by atoms with E-state index in [0.717, 1.165) is 48.6 Å². The summed E-state index contributed by atoms with van der Waals surface area (Å²) in [4.78, 5) is 42.4. The van der Waals surface area contributed by atoms with Crippen LogP contribution in [-0.4, -0.2) is 55.4 Å². The molecule has 0 radical (unpaired) electrons. The smallest absolute Gasteiger partial charge is 0.329 e. The summed E-state index contributed by atoms with van der Waals surface area (Å²) >= 11 is 1.33. The lowest BCUT2D eigenvalue weighted by atomic mass is 10.2. The van der Waals surface area contributed by atoms with Crippen molar-refractivity contribution < 1.29 is 4.74 Å². The van der Waals surface area contributed by atoms with E-state index < -0.39 is 11.2 Å². The Labute approximate surface area is 203 Å². The van der Waals surface area contributed by atoms with Crippen LogP contribution < -0.4 is 16.1 Å². The van der Waals surface area contributed by atoms with Gasteiger partial charge < -0.3 is 19.2 Å². The summed E-state index contributed by atoms with van der Waals surface area (Å²) in [6.07, 6.45) is 0. The Morgan fingerprint density at radius 1 is 1.00 bits per heavy atom. The molecule has 0 saturated carbocycles. The highest BCUT2D eigenvalue weighted by molar-refractivity contribution is 7.99. The maximum absolute atomic E-state index is 12.8. The van der Waals surface area contributed by atoms with E-state index >= 15 is 0 Å². The normalized spacial score (nSPS) is 14.3. The van der Waals surface area contributed by atoms with Crippen molar-refractivity contribution in [2.24, 2.45) is 7.05 Å². The fourth-order valence-corrected chi connectivity index (χ4v) is 5.20. The lowest BCUT2D eigenvalue weighted by molar-refractivity contribution is 0.122. The van der Waals surface area contributed by atoms with Gasteiger partial charge in [-0.2, -0.15) is 0 Å². The molecule has 3 aromatic heterocycles. The van der Waals surface area contributed by atoms with Crippen molar-refractivity contribution in [1.82, 2.24) is 29.1 Å². The first-order chi connectivity index (χ1) is 17.1. The van der Waals surface area contributed by atoms with Crippen LogP contribution in [0.5, 0.6) is 0 Å². The number of aromatic nitrogens is 6. The number of hydrogen-bond donors (Lipinski definition) is 2. The van der Waals surface area contributed by atoms with Gasteiger partial charge in [0.25, 0.3) is 5.56 Å². The molecule has 10 nitrogen and oxygen atoms in total. The number of imidazole rings is 2. The molecule has 35 heavy (non-hydrogen) atoms. The standard InChI is InChI=1S/C24H23N7O3S/c1-29-20-19(21(32)28-23(29)33)31(14-15-6-8-16(9-7-15)30-10-12-34-13-11-30)24(27-20)35-22-25-17-4-2-3-5-18(17)26-22/h2-9H,10-14H2,1H3,(H,25,26)(H,28,32,33). The Kier molecular flexibility index (Phi) is 5.42. The SMILES string of the molecule is Cn1c(=O)[nH]c(=O)c2c1nc(Sc1nc3ccccc3[nH]1)n2Cc1ccc(N2CCOCC2)cc1. The Morgan fingerprint density at radius 3 is 2.54 bits per heavy atom. The summed E-state index contributed by atoms with van der Waals surface area (Å²) in [6, 6.07) is 16.1. The molecule has 4 heterocycles. The van der Waals surface area contributed by atoms with Gasteiger partial charge in [-0.1, -0.05) is 24.3 Å². The maximum atomic E-state index is 12.8. The summed E-state index contributed by atoms with van der Waals surface area (Å²) in [5, 5.41) is 1.23. The van der Waals surface area contributed by atoms with Crippen molar-refractivity contribution in [2.75, 3.05) is 31.2 Å². The number of hydrogen-bond acceptors (Lipinski definition) is 7. The van der Waals surface area contributed by atoms with Crippen LogP contribution in [0, 0.1) is 0 Å². The molecular weight excluding hydrogens is 466 g/mol. The molecule has 178 valence electrons. The minimum absolute atomic E-state index is 0.335. The molecule has 0 amide bonds. The lowest BCUT2D eigenvalue weighted by Gasteiger charge is -2.28. The van der Waals surface area contributed by atoms with Crippen LogP contribution in [0.4, 0.5) is 5.69 Å². The summed E-state index contributed by atoms with van der Waals surface area (Å²) in [6.45, 7) is 3.61. The van der Waals surface area contributed by atoms with Crippen LogP contribution >= 0.6 is 11.8 Å². The fraction of sp³-hybridized carbons (Fsp3) is 0.250. The van der Waals surface area contributed by atoms with Gasteiger partial charge in [0.1, 0.15) is 0 Å². The molecule has 11 heteroatoms. The predicted octanol–water partition coefficient (Wildman–Crippen LogP) is 2.34. The average molecular weight is 490 g/mol. The Hall–Kier alpha value is -3.83. The zero-order chi connectivity index (χ0) is 23.9. The van der Waals surface area contributed by atoms with Gasteiger partial charge in [-0.15, -0.1) is 0 Å². The molecule has 0 spiro atoms. The number of ether oxygens (including phenoxy) is 1. The van der Waals surface area contributed by atoms with Crippen LogP contribution in [0.2, 0.25) is 0 Å². The molecule has 5 aromatic rings. The topological polar surface area (TPSA) is 114 Å². The molecule has 2 aromatic carbocycles. The third-order valence-electron chi connectivity index (χ3n) is 6.18. The zero-order valence-corrected chi connectivity index (χ0v) is 19.8. The summed E-state index contributed by atoms with van der Waals surface area (Å²) < 4.78 is 8.65. The second-order valence-electron chi connectivity index (χ2n) is 8.40.